The molecule has 0 aliphatic rings. The van der Waals surface area contributed by atoms with Crippen LogP contribution in [0.5, 0.6) is 0 Å². The molecule has 0 bridgehead atoms. The summed E-state index contributed by atoms with van der Waals surface area (Å²) in [5.74, 6) is 0.783. The molecule has 0 saturated heterocycles. The van der Waals surface area contributed by atoms with Gasteiger partial charge in [-0.15, -0.1) is 0 Å². The fourth-order valence-electron chi connectivity index (χ4n) is 1.86. The SMILES string of the molecule is Cc1nc2ccccc2nc1N(C)CC(=O)N(C)C. The van der Waals surface area contributed by atoms with Crippen LogP contribution in [0, 0.1) is 6.92 Å². The van der Waals surface area contributed by atoms with E-state index in [1.807, 2.05) is 43.1 Å². The largest absolute Gasteiger partial charge is 0.349 e. The van der Waals surface area contributed by atoms with Crippen molar-refractivity contribution in [3.8, 4) is 0 Å². The molecule has 0 N–H and O–H groups in total. The minimum atomic E-state index is 0.0388. The Morgan fingerprint density at radius 2 is 1.68 bits per heavy atom. The highest BCUT2D eigenvalue weighted by molar-refractivity contribution is 5.82. The lowest BCUT2D eigenvalue weighted by molar-refractivity contribution is -0.127. The molecule has 2 rings (SSSR count). The predicted molar refractivity (Wildman–Crippen MR) is 76.2 cm³/mol. The van der Waals surface area contributed by atoms with E-state index in [4.69, 9.17) is 0 Å². The first kappa shape index (κ1) is 13.3. The Morgan fingerprint density at radius 3 is 2.26 bits per heavy atom. The number of aryl methyl sites for hydroxylation is 1. The highest BCUT2D eigenvalue weighted by atomic mass is 16.2. The van der Waals surface area contributed by atoms with Crippen molar-refractivity contribution in [1.29, 1.82) is 0 Å². The Labute approximate surface area is 112 Å². The van der Waals surface area contributed by atoms with E-state index < -0.39 is 0 Å². The van der Waals surface area contributed by atoms with E-state index in [1.165, 1.54) is 0 Å². The predicted octanol–water partition coefficient (Wildman–Crippen LogP) is 1.46. The fourth-order valence-corrected chi connectivity index (χ4v) is 1.86. The Morgan fingerprint density at radius 1 is 1.11 bits per heavy atom. The summed E-state index contributed by atoms with van der Waals surface area (Å²) in [6, 6.07) is 7.73. The second-order valence-corrected chi connectivity index (χ2v) is 4.77. The molecular formula is C14H18N4O. The van der Waals surface area contributed by atoms with Gasteiger partial charge in [0.15, 0.2) is 5.82 Å². The van der Waals surface area contributed by atoms with Crippen LogP contribution in [-0.2, 0) is 4.79 Å². The molecule has 5 nitrogen and oxygen atoms in total. The van der Waals surface area contributed by atoms with E-state index in [1.54, 1.807) is 19.0 Å². The Kier molecular flexibility index (Phi) is 3.64. The van der Waals surface area contributed by atoms with Crippen molar-refractivity contribution in [2.75, 3.05) is 32.6 Å². The molecule has 0 aliphatic heterocycles. The maximum absolute atomic E-state index is 11.7. The number of fused-ring (bicyclic) bond motifs is 1. The van der Waals surface area contributed by atoms with Crippen LogP contribution in [0.2, 0.25) is 0 Å². The number of rotatable bonds is 3. The quantitative estimate of drug-likeness (QED) is 0.836. The summed E-state index contributed by atoms with van der Waals surface area (Å²) in [6.07, 6.45) is 0. The number of benzene rings is 1. The van der Waals surface area contributed by atoms with Gasteiger partial charge in [0.25, 0.3) is 0 Å². The standard InChI is InChI=1S/C14H18N4O/c1-10-14(18(4)9-13(19)17(2)3)16-12-8-6-5-7-11(12)15-10/h5-8H,9H2,1-4H3. The van der Waals surface area contributed by atoms with Gasteiger partial charge in [0.05, 0.1) is 23.3 Å². The summed E-state index contributed by atoms with van der Waals surface area (Å²) in [4.78, 5) is 24.2. The van der Waals surface area contributed by atoms with Crippen LogP contribution < -0.4 is 4.90 Å². The van der Waals surface area contributed by atoms with Crippen LogP contribution in [0.4, 0.5) is 5.82 Å². The van der Waals surface area contributed by atoms with Crippen molar-refractivity contribution in [3.05, 3.63) is 30.0 Å². The zero-order valence-electron chi connectivity index (χ0n) is 11.7. The number of carbonyl (C=O) groups excluding carboxylic acids is 1. The molecule has 5 heteroatoms. The number of likely N-dealkylation sites (N-methyl/N-ethyl adjacent to an activating group) is 2. The highest BCUT2D eigenvalue weighted by Crippen LogP contribution is 2.18. The van der Waals surface area contributed by atoms with Gasteiger partial charge >= 0.3 is 0 Å². The van der Waals surface area contributed by atoms with Crippen LogP contribution >= 0.6 is 0 Å². The van der Waals surface area contributed by atoms with Gasteiger partial charge in [-0.2, -0.15) is 0 Å². The van der Waals surface area contributed by atoms with E-state index in [9.17, 15) is 4.79 Å². The van der Waals surface area contributed by atoms with Gasteiger partial charge in [-0.25, -0.2) is 9.97 Å². The van der Waals surface area contributed by atoms with Crippen molar-refractivity contribution in [3.63, 3.8) is 0 Å². The molecule has 0 aliphatic carbocycles. The molecule has 0 spiro atoms. The summed E-state index contributed by atoms with van der Waals surface area (Å²) >= 11 is 0. The highest BCUT2D eigenvalue weighted by Gasteiger charge is 2.13. The number of aromatic nitrogens is 2. The van der Waals surface area contributed by atoms with Crippen LogP contribution in [0.3, 0.4) is 0 Å². The number of carbonyl (C=O) groups is 1. The summed E-state index contributed by atoms with van der Waals surface area (Å²) in [5, 5.41) is 0. The topological polar surface area (TPSA) is 49.3 Å². The number of hydrogen-bond acceptors (Lipinski definition) is 4. The van der Waals surface area contributed by atoms with E-state index in [-0.39, 0.29) is 5.91 Å². The van der Waals surface area contributed by atoms with Gasteiger partial charge in [-0.3, -0.25) is 4.79 Å². The van der Waals surface area contributed by atoms with Crippen LogP contribution in [-0.4, -0.2) is 48.5 Å². The van der Waals surface area contributed by atoms with Gasteiger partial charge in [0.1, 0.15) is 0 Å². The third-order valence-corrected chi connectivity index (χ3v) is 2.95. The van der Waals surface area contributed by atoms with Gasteiger partial charge in [-0.1, -0.05) is 12.1 Å². The summed E-state index contributed by atoms with van der Waals surface area (Å²) < 4.78 is 0. The lowest BCUT2D eigenvalue weighted by Crippen LogP contribution is -2.35. The number of amides is 1. The number of para-hydroxylation sites is 2. The van der Waals surface area contributed by atoms with Crippen molar-refractivity contribution in [2.24, 2.45) is 0 Å². The van der Waals surface area contributed by atoms with Crippen LogP contribution in [0.1, 0.15) is 5.69 Å². The van der Waals surface area contributed by atoms with Gasteiger partial charge in [0, 0.05) is 21.1 Å². The first-order valence-corrected chi connectivity index (χ1v) is 6.13. The Hall–Kier alpha value is -2.17. The third kappa shape index (κ3) is 2.81. The minimum absolute atomic E-state index is 0.0388. The zero-order chi connectivity index (χ0) is 14.0. The second kappa shape index (κ2) is 5.22. The van der Waals surface area contributed by atoms with Gasteiger partial charge < -0.3 is 9.80 Å². The van der Waals surface area contributed by atoms with Gasteiger partial charge in [-0.05, 0) is 19.1 Å². The molecule has 0 saturated carbocycles. The molecule has 0 fully saturated rings. The van der Waals surface area contributed by atoms with Crippen molar-refractivity contribution in [1.82, 2.24) is 14.9 Å². The molecule has 0 atom stereocenters. The van der Waals surface area contributed by atoms with Crippen LogP contribution in [0.25, 0.3) is 11.0 Å². The lowest BCUT2D eigenvalue weighted by atomic mass is 10.3. The maximum Gasteiger partial charge on any atom is 0.241 e. The molecule has 19 heavy (non-hydrogen) atoms. The second-order valence-electron chi connectivity index (χ2n) is 4.77. The van der Waals surface area contributed by atoms with Crippen molar-refractivity contribution < 1.29 is 4.79 Å². The minimum Gasteiger partial charge on any atom is -0.349 e. The van der Waals surface area contributed by atoms with Gasteiger partial charge in [0.2, 0.25) is 5.91 Å². The average Bonchev–Trinajstić information content (AvgIpc) is 2.37. The molecule has 100 valence electrons. The molecular weight excluding hydrogens is 240 g/mol. The third-order valence-electron chi connectivity index (χ3n) is 2.95. The number of nitrogens with zero attached hydrogens (tertiary/aromatic N) is 4. The smallest absolute Gasteiger partial charge is 0.241 e. The number of anilines is 1. The molecule has 1 amide bonds. The molecule has 1 aromatic heterocycles. The van der Waals surface area contributed by atoms with E-state index in [0.29, 0.717) is 6.54 Å². The monoisotopic (exact) mass is 258 g/mol. The van der Waals surface area contributed by atoms with Crippen molar-refractivity contribution >= 4 is 22.8 Å². The summed E-state index contributed by atoms with van der Waals surface area (Å²) in [7, 11) is 5.34. The van der Waals surface area contributed by atoms with E-state index in [2.05, 4.69) is 9.97 Å². The Balaban J connectivity index is 2.33. The summed E-state index contributed by atoms with van der Waals surface area (Å²) in [6.45, 7) is 2.20. The van der Waals surface area contributed by atoms with E-state index >= 15 is 0 Å². The molecule has 2 aromatic rings. The van der Waals surface area contributed by atoms with Crippen molar-refractivity contribution in [2.45, 2.75) is 6.92 Å². The van der Waals surface area contributed by atoms with Crippen LogP contribution in [0.15, 0.2) is 24.3 Å². The maximum atomic E-state index is 11.7. The molecule has 0 unspecified atom stereocenters. The van der Waals surface area contributed by atoms with E-state index in [0.717, 1.165) is 22.5 Å². The Bertz CT molecular complexity index is 609. The lowest BCUT2D eigenvalue weighted by Gasteiger charge is -2.21. The first-order chi connectivity index (χ1) is 8.99. The molecule has 1 aromatic carbocycles. The molecule has 0 radical (unpaired) electrons. The fraction of sp³-hybridized carbons (Fsp3) is 0.357. The average molecular weight is 258 g/mol. The normalized spacial score (nSPS) is 10.5. The number of hydrogen-bond donors (Lipinski definition) is 0. The molecule has 1 heterocycles. The zero-order valence-corrected chi connectivity index (χ0v) is 11.7. The first-order valence-electron chi connectivity index (χ1n) is 6.13. The summed E-state index contributed by atoms with van der Waals surface area (Å²) in [5.41, 5.74) is 2.54.